The molecule has 190 valence electrons. The van der Waals surface area contributed by atoms with Crippen molar-refractivity contribution in [1.82, 2.24) is 5.32 Å². The molecule has 0 saturated heterocycles. The number of benzene rings is 5. The van der Waals surface area contributed by atoms with Crippen molar-refractivity contribution in [3.63, 3.8) is 0 Å². The van der Waals surface area contributed by atoms with Crippen molar-refractivity contribution in [2.24, 2.45) is 0 Å². The number of nitrogens with one attached hydrogen (secondary N) is 1. The number of hydrogen-bond acceptors (Lipinski definition) is 3. The third kappa shape index (κ3) is 4.85. The molecule has 5 aromatic carbocycles. The van der Waals surface area contributed by atoms with E-state index in [1.54, 1.807) is 12.1 Å². The van der Waals surface area contributed by atoms with Gasteiger partial charge in [-0.15, -0.1) is 0 Å². The Kier molecular flexibility index (Phi) is 6.52. The van der Waals surface area contributed by atoms with Crippen LogP contribution in [0, 0.1) is 0 Å². The minimum atomic E-state index is -1.37. The number of hydrogen-bond donors (Lipinski definition) is 1. The Balaban J connectivity index is 1.51. The molecular formula is C35H27NO3. The molecular weight excluding hydrogens is 482 g/mol. The van der Waals surface area contributed by atoms with Gasteiger partial charge in [0, 0.05) is 23.5 Å². The van der Waals surface area contributed by atoms with Crippen LogP contribution in [-0.4, -0.2) is 17.4 Å². The van der Waals surface area contributed by atoms with Crippen LogP contribution in [0.4, 0.5) is 0 Å². The van der Waals surface area contributed by atoms with Crippen LogP contribution >= 0.6 is 0 Å². The summed E-state index contributed by atoms with van der Waals surface area (Å²) in [5.74, 6) is -0.811. The highest BCUT2D eigenvalue weighted by atomic mass is 16.5. The number of cyclic esters (lactones) is 1. The molecule has 2 atom stereocenters. The highest BCUT2D eigenvalue weighted by molar-refractivity contribution is 6.01. The Morgan fingerprint density at radius 1 is 0.718 bits per heavy atom. The average molecular weight is 510 g/mol. The maximum Gasteiger partial charge on any atom is 0.338 e. The van der Waals surface area contributed by atoms with Gasteiger partial charge in [-0.3, -0.25) is 4.79 Å². The summed E-state index contributed by atoms with van der Waals surface area (Å²) < 4.78 is 6.11. The van der Waals surface area contributed by atoms with E-state index in [1.165, 1.54) is 0 Å². The van der Waals surface area contributed by atoms with Gasteiger partial charge in [0.05, 0.1) is 0 Å². The topological polar surface area (TPSA) is 55.4 Å². The maximum atomic E-state index is 14.2. The molecule has 0 aliphatic carbocycles. The lowest BCUT2D eigenvalue weighted by Crippen LogP contribution is -2.61. The van der Waals surface area contributed by atoms with Crippen molar-refractivity contribution in [1.29, 1.82) is 0 Å². The molecule has 0 spiro atoms. The van der Waals surface area contributed by atoms with E-state index < -0.39 is 17.4 Å². The first-order chi connectivity index (χ1) is 19.1. The predicted octanol–water partition coefficient (Wildman–Crippen LogP) is 6.93. The second-order valence-electron chi connectivity index (χ2n) is 9.82. The fourth-order valence-electron chi connectivity index (χ4n) is 5.32. The first-order valence-corrected chi connectivity index (χ1v) is 13.0. The number of carbonyl (C=O) groups is 2. The number of rotatable bonds is 6. The summed E-state index contributed by atoms with van der Waals surface area (Å²) in [4.78, 5) is 27.8. The SMILES string of the molecule is O=C(N[C@]1(Cc2ccccc2)C(=O)OC(c2ccc3ccccc3c2)=C[C@@H]1c1ccccc1)c1ccccc1. The number of ether oxygens (including phenoxy) is 1. The van der Waals surface area contributed by atoms with E-state index in [4.69, 9.17) is 4.74 Å². The van der Waals surface area contributed by atoms with Crippen LogP contribution in [0.2, 0.25) is 0 Å². The molecule has 1 aliphatic heterocycles. The summed E-state index contributed by atoms with van der Waals surface area (Å²) in [7, 11) is 0. The first-order valence-electron chi connectivity index (χ1n) is 13.0. The molecule has 1 heterocycles. The number of esters is 1. The zero-order valence-corrected chi connectivity index (χ0v) is 21.3. The van der Waals surface area contributed by atoms with Gasteiger partial charge in [-0.05, 0) is 46.2 Å². The Labute approximate surface area is 227 Å². The summed E-state index contributed by atoms with van der Waals surface area (Å²) in [6.07, 6.45) is 2.25. The van der Waals surface area contributed by atoms with Crippen LogP contribution in [0.5, 0.6) is 0 Å². The van der Waals surface area contributed by atoms with Gasteiger partial charge >= 0.3 is 5.97 Å². The van der Waals surface area contributed by atoms with E-state index in [-0.39, 0.29) is 12.3 Å². The Hall–Kier alpha value is -4.96. The van der Waals surface area contributed by atoms with Gasteiger partial charge in [0.2, 0.25) is 0 Å². The number of fused-ring (bicyclic) bond motifs is 1. The highest BCUT2D eigenvalue weighted by Gasteiger charge is 2.51. The van der Waals surface area contributed by atoms with Gasteiger partial charge < -0.3 is 10.1 Å². The molecule has 5 aromatic rings. The van der Waals surface area contributed by atoms with Crippen molar-refractivity contribution in [2.75, 3.05) is 0 Å². The zero-order valence-electron chi connectivity index (χ0n) is 21.3. The van der Waals surface area contributed by atoms with E-state index in [9.17, 15) is 9.59 Å². The third-order valence-corrected chi connectivity index (χ3v) is 7.31. The largest absolute Gasteiger partial charge is 0.424 e. The summed E-state index contributed by atoms with van der Waals surface area (Å²) >= 11 is 0. The lowest BCUT2D eigenvalue weighted by Gasteiger charge is -2.41. The van der Waals surface area contributed by atoms with Gasteiger partial charge in [0.15, 0.2) is 5.54 Å². The quantitative estimate of drug-likeness (QED) is 0.253. The van der Waals surface area contributed by atoms with Crippen molar-refractivity contribution in [2.45, 2.75) is 17.9 Å². The lowest BCUT2D eigenvalue weighted by atomic mass is 9.73. The van der Waals surface area contributed by atoms with Crippen LogP contribution in [0.15, 0.2) is 140 Å². The standard InChI is InChI=1S/C35H27NO3/c37-33(28-17-8-3-9-18-28)36-35(24-25-12-4-1-5-13-25)31(27-15-6-2-7-16-27)23-32(39-34(35)38)30-21-20-26-14-10-11-19-29(26)22-30/h1-23,31H,24H2,(H,36,37)/t31-,35+/m1/s1. The predicted molar refractivity (Wildman–Crippen MR) is 154 cm³/mol. The Morgan fingerprint density at radius 2 is 1.33 bits per heavy atom. The van der Waals surface area contributed by atoms with E-state index in [1.807, 2.05) is 121 Å². The molecule has 4 nitrogen and oxygen atoms in total. The molecule has 4 heteroatoms. The second kappa shape index (κ2) is 10.4. The van der Waals surface area contributed by atoms with Crippen LogP contribution < -0.4 is 5.32 Å². The molecule has 0 aromatic heterocycles. The zero-order chi connectivity index (χ0) is 26.7. The molecule has 0 bridgehead atoms. The lowest BCUT2D eigenvalue weighted by molar-refractivity contribution is -0.145. The molecule has 0 fully saturated rings. The Morgan fingerprint density at radius 3 is 2.05 bits per heavy atom. The van der Waals surface area contributed by atoms with Crippen molar-refractivity contribution in [3.05, 3.63) is 162 Å². The minimum Gasteiger partial charge on any atom is -0.424 e. The van der Waals surface area contributed by atoms with Gasteiger partial charge in [-0.1, -0.05) is 115 Å². The van der Waals surface area contributed by atoms with Crippen LogP contribution in [0.1, 0.15) is 33.0 Å². The summed E-state index contributed by atoms with van der Waals surface area (Å²) in [6.45, 7) is 0. The minimum absolute atomic E-state index is 0.270. The molecule has 39 heavy (non-hydrogen) atoms. The van der Waals surface area contributed by atoms with Gasteiger partial charge in [-0.25, -0.2) is 4.79 Å². The molecule has 0 saturated carbocycles. The van der Waals surface area contributed by atoms with Crippen LogP contribution in [0.3, 0.4) is 0 Å². The van der Waals surface area contributed by atoms with E-state index in [2.05, 4.69) is 11.4 Å². The van der Waals surface area contributed by atoms with Crippen molar-refractivity contribution in [3.8, 4) is 0 Å². The molecule has 1 N–H and O–H groups in total. The average Bonchev–Trinajstić information content (AvgIpc) is 2.99. The normalized spacial score (nSPS) is 18.7. The Bertz CT molecular complexity index is 1660. The van der Waals surface area contributed by atoms with E-state index in [0.29, 0.717) is 11.3 Å². The fraction of sp³-hybridized carbons (Fsp3) is 0.0857. The summed E-state index contributed by atoms with van der Waals surface area (Å²) in [5, 5.41) is 5.30. The van der Waals surface area contributed by atoms with Gasteiger partial charge in [-0.2, -0.15) is 0 Å². The fourth-order valence-corrected chi connectivity index (χ4v) is 5.32. The smallest absolute Gasteiger partial charge is 0.338 e. The van der Waals surface area contributed by atoms with E-state index >= 15 is 0 Å². The second-order valence-corrected chi connectivity index (χ2v) is 9.82. The molecule has 1 aliphatic rings. The number of amides is 1. The van der Waals surface area contributed by atoms with Gasteiger partial charge in [0.25, 0.3) is 5.91 Å². The number of carbonyl (C=O) groups excluding carboxylic acids is 2. The molecule has 6 rings (SSSR count). The van der Waals surface area contributed by atoms with Crippen molar-refractivity contribution >= 4 is 28.4 Å². The first kappa shape index (κ1) is 24.4. The summed E-state index contributed by atoms with van der Waals surface area (Å²) in [5.41, 5.74) is 1.76. The maximum absolute atomic E-state index is 14.2. The molecule has 0 unspecified atom stereocenters. The van der Waals surface area contributed by atoms with Gasteiger partial charge in [0.1, 0.15) is 5.76 Å². The summed E-state index contributed by atoms with van der Waals surface area (Å²) in [6, 6.07) is 42.6. The third-order valence-electron chi connectivity index (χ3n) is 7.31. The van der Waals surface area contributed by atoms with Crippen molar-refractivity contribution < 1.29 is 14.3 Å². The monoisotopic (exact) mass is 509 g/mol. The van der Waals surface area contributed by atoms with Crippen LogP contribution in [0.25, 0.3) is 16.5 Å². The van der Waals surface area contributed by atoms with Crippen LogP contribution in [-0.2, 0) is 16.0 Å². The molecule has 1 amide bonds. The van der Waals surface area contributed by atoms with E-state index in [0.717, 1.165) is 27.5 Å². The molecule has 0 radical (unpaired) electrons. The highest BCUT2D eigenvalue weighted by Crippen LogP contribution is 2.41.